The lowest BCUT2D eigenvalue weighted by molar-refractivity contribution is -0.135. The standard InChI is InChI=1S/C23H26N6O4S/c1-16-19-21(25-15-29(22(19)31)14-18(30)27-10-12-33-13-11-27)34-20(16)23(32)28-8-6-26(7-9-28)17-4-2-3-5-24-17/h2-5,15H,6-14H2,1H3. The molecule has 0 radical (unpaired) electrons. The van der Waals surface area contributed by atoms with Gasteiger partial charge in [0.2, 0.25) is 5.91 Å². The fourth-order valence-corrected chi connectivity index (χ4v) is 5.46. The molecule has 0 aromatic carbocycles. The van der Waals surface area contributed by atoms with Crippen molar-refractivity contribution < 1.29 is 14.3 Å². The summed E-state index contributed by atoms with van der Waals surface area (Å²) in [5, 5.41) is 0.415. The lowest BCUT2D eigenvalue weighted by Gasteiger charge is -2.35. The van der Waals surface area contributed by atoms with E-state index in [1.54, 1.807) is 18.0 Å². The first-order valence-electron chi connectivity index (χ1n) is 11.3. The molecule has 2 aliphatic heterocycles. The van der Waals surface area contributed by atoms with Crippen LogP contribution in [0.1, 0.15) is 15.2 Å². The summed E-state index contributed by atoms with van der Waals surface area (Å²) in [5.41, 5.74) is 0.335. The van der Waals surface area contributed by atoms with Crippen LogP contribution >= 0.6 is 11.3 Å². The zero-order valence-electron chi connectivity index (χ0n) is 19.0. The minimum atomic E-state index is -0.292. The van der Waals surface area contributed by atoms with Crippen LogP contribution < -0.4 is 10.5 Å². The van der Waals surface area contributed by atoms with E-state index < -0.39 is 0 Å². The van der Waals surface area contributed by atoms with Crippen molar-refractivity contribution >= 4 is 39.2 Å². The molecule has 3 aromatic heterocycles. The van der Waals surface area contributed by atoms with Crippen molar-refractivity contribution in [2.75, 3.05) is 57.4 Å². The number of carbonyl (C=O) groups excluding carboxylic acids is 2. The molecule has 2 amide bonds. The van der Waals surface area contributed by atoms with E-state index in [2.05, 4.69) is 14.9 Å². The van der Waals surface area contributed by atoms with Crippen molar-refractivity contribution in [2.45, 2.75) is 13.5 Å². The van der Waals surface area contributed by atoms with Crippen molar-refractivity contribution in [2.24, 2.45) is 0 Å². The molecular formula is C23H26N6O4S. The third-order valence-corrected chi connectivity index (χ3v) is 7.51. The molecule has 0 aliphatic carbocycles. The number of fused-ring (bicyclic) bond motifs is 1. The number of aryl methyl sites for hydroxylation is 1. The molecule has 5 heterocycles. The number of anilines is 1. The van der Waals surface area contributed by atoms with Gasteiger partial charge in [0.05, 0.1) is 29.8 Å². The van der Waals surface area contributed by atoms with Gasteiger partial charge in [-0.2, -0.15) is 0 Å². The molecule has 0 bridgehead atoms. The molecule has 0 N–H and O–H groups in total. The van der Waals surface area contributed by atoms with Gasteiger partial charge in [0.25, 0.3) is 11.5 Å². The van der Waals surface area contributed by atoms with Crippen molar-refractivity contribution in [3.8, 4) is 0 Å². The Morgan fingerprint density at radius 3 is 2.50 bits per heavy atom. The van der Waals surface area contributed by atoms with Gasteiger partial charge in [0.1, 0.15) is 17.2 Å². The highest BCUT2D eigenvalue weighted by atomic mass is 32.1. The predicted molar refractivity (Wildman–Crippen MR) is 128 cm³/mol. The van der Waals surface area contributed by atoms with Gasteiger partial charge in [-0.25, -0.2) is 9.97 Å². The first-order valence-corrected chi connectivity index (χ1v) is 12.1. The molecule has 11 heteroatoms. The lowest BCUT2D eigenvalue weighted by atomic mass is 10.2. The number of thiophene rings is 1. The quantitative estimate of drug-likeness (QED) is 0.547. The Balaban J connectivity index is 1.33. The number of hydrogen-bond donors (Lipinski definition) is 0. The Morgan fingerprint density at radius 2 is 1.79 bits per heavy atom. The van der Waals surface area contributed by atoms with Gasteiger partial charge in [0, 0.05) is 45.5 Å². The summed E-state index contributed by atoms with van der Waals surface area (Å²) >= 11 is 1.24. The highest BCUT2D eigenvalue weighted by molar-refractivity contribution is 7.20. The molecular weight excluding hydrogens is 456 g/mol. The molecule has 2 saturated heterocycles. The monoisotopic (exact) mass is 482 g/mol. The zero-order valence-corrected chi connectivity index (χ0v) is 19.8. The largest absolute Gasteiger partial charge is 0.378 e. The second-order valence-electron chi connectivity index (χ2n) is 8.37. The van der Waals surface area contributed by atoms with Crippen molar-refractivity contribution in [3.05, 3.63) is 51.5 Å². The number of ether oxygens (including phenoxy) is 1. The maximum atomic E-state index is 13.3. The zero-order chi connectivity index (χ0) is 23.7. The van der Waals surface area contributed by atoms with Crippen LogP contribution in [0, 0.1) is 6.92 Å². The van der Waals surface area contributed by atoms with E-state index in [9.17, 15) is 14.4 Å². The molecule has 34 heavy (non-hydrogen) atoms. The van der Waals surface area contributed by atoms with E-state index in [0.29, 0.717) is 73.1 Å². The van der Waals surface area contributed by atoms with E-state index in [-0.39, 0.29) is 23.9 Å². The van der Waals surface area contributed by atoms with Crippen LogP contribution in [0.3, 0.4) is 0 Å². The predicted octanol–water partition coefficient (Wildman–Crippen LogP) is 0.983. The first-order chi connectivity index (χ1) is 16.5. The van der Waals surface area contributed by atoms with Crippen LogP contribution in [0.2, 0.25) is 0 Å². The summed E-state index contributed by atoms with van der Waals surface area (Å²) in [6, 6.07) is 5.80. The number of amides is 2. The molecule has 2 aliphatic rings. The maximum Gasteiger partial charge on any atom is 0.264 e. The molecule has 3 aromatic rings. The number of nitrogens with zero attached hydrogens (tertiary/aromatic N) is 6. The van der Waals surface area contributed by atoms with Crippen molar-refractivity contribution in [1.82, 2.24) is 24.3 Å². The third kappa shape index (κ3) is 4.28. The van der Waals surface area contributed by atoms with Gasteiger partial charge in [-0.15, -0.1) is 11.3 Å². The average molecular weight is 483 g/mol. The van der Waals surface area contributed by atoms with Crippen LogP contribution in [0.15, 0.2) is 35.5 Å². The Morgan fingerprint density at radius 1 is 1.03 bits per heavy atom. The number of piperazine rings is 1. The lowest BCUT2D eigenvalue weighted by Crippen LogP contribution is -2.49. The fourth-order valence-electron chi connectivity index (χ4n) is 4.36. The molecule has 0 unspecified atom stereocenters. The van der Waals surface area contributed by atoms with Gasteiger partial charge in [-0.05, 0) is 24.6 Å². The second-order valence-corrected chi connectivity index (χ2v) is 9.37. The SMILES string of the molecule is Cc1c(C(=O)N2CCN(c3ccccn3)CC2)sc2ncn(CC(=O)N3CCOCC3)c(=O)c12. The minimum Gasteiger partial charge on any atom is -0.378 e. The number of aromatic nitrogens is 3. The second kappa shape index (κ2) is 9.51. The van der Waals surface area contributed by atoms with E-state index in [0.717, 1.165) is 5.82 Å². The summed E-state index contributed by atoms with van der Waals surface area (Å²) in [5.74, 6) is 0.682. The summed E-state index contributed by atoms with van der Waals surface area (Å²) in [7, 11) is 0. The molecule has 0 saturated carbocycles. The third-order valence-electron chi connectivity index (χ3n) is 6.32. The molecule has 0 atom stereocenters. The van der Waals surface area contributed by atoms with E-state index in [1.165, 1.54) is 22.2 Å². The Labute approximate surface area is 200 Å². The van der Waals surface area contributed by atoms with Gasteiger partial charge in [-0.1, -0.05) is 6.07 Å². The van der Waals surface area contributed by atoms with Gasteiger partial charge < -0.3 is 19.4 Å². The van der Waals surface area contributed by atoms with Gasteiger partial charge in [0.15, 0.2) is 0 Å². The highest BCUT2D eigenvalue weighted by Crippen LogP contribution is 2.28. The number of rotatable bonds is 4. The summed E-state index contributed by atoms with van der Waals surface area (Å²) < 4.78 is 6.62. The van der Waals surface area contributed by atoms with Crippen molar-refractivity contribution in [3.63, 3.8) is 0 Å². The molecule has 10 nitrogen and oxygen atoms in total. The molecule has 0 spiro atoms. The Kier molecular flexibility index (Phi) is 6.29. The topological polar surface area (TPSA) is 101 Å². The minimum absolute atomic E-state index is 0.0736. The summed E-state index contributed by atoms with van der Waals surface area (Å²) in [4.78, 5) is 54.6. The van der Waals surface area contributed by atoms with Gasteiger partial charge in [-0.3, -0.25) is 19.0 Å². The highest BCUT2D eigenvalue weighted by Gasteiger charge is 2.27. The smallest absolute Gasteiger partial charge is 0.264 e. The van der Waals surface area contributed by atoms with Crippen LogP contribution in [0.4, 0.5) is 5.82 Å². The van der Waals surface area contributed by atoms with Gasteiger partial charge >= 0.3 is 0 Å². The van der Waals surface area contributed by atoms with Crippen LogP contribution in [0.5, 0.6) is 0 Å². The normalized spacial score (nSPS) is 16.8. The number of hydrogen-bond acceptors (Lipinski definition) is 8. The Bertz CT molecular complexity index is 1260. The molecule has 178 valence electrons. The summed E-state index contributed by atoms with van der Waals surface area (Å²) in [6.07, 6.45) is 3.17. The first kappa shape index (κ1) is 22.5. The van der Waals surface area contributed by atoms with Crippen LogP contribution in [-0.2, 0) is 16.1 Å². The maximum absolute atomic E-state index is 13.3. The van der Waals surface area contributed by atoms with E-state index >= 15 is 0 Å². The number of morpholine rings is 1. The number of pyridine rings is 1. The van der Waals surface area contributed by atoms with E-state index in [1.807, 2.05) is 23.1 Å². The van der Waals surface area contributed by atoms with Crippen LogP contribution in [-0.4, -0.2) is 88.6 Å². The number of carbonyl (C=O) groups is 2. The van der Waals surface area contributed by atoms with Crippen LogP contribution in [0.25, 0.3) is 10.2 Å². The molecule has 2 fully saturated rings. The molecule has 5 rings (SSSR count). The average Bonchev–Trinajstić information content (AvgIpc) is 3.23. The fraction of sp³-hybridized carbons (Fsp3) is 0.435. The van der Waals surface area contributed by atoms with E-state index in [4.69, 9.17) is 4.74 Å². The van der Waals surface area contributed by atoms with Crippen molar-refractivity contribution in [1.29, 1.82) is 0 Å². The summed E-state index contributed by atoms with van der Waals surface area (Å²) in [6.45, 7) is 6.31. The Hall–Kier alpha value is -3.31.